The number of hydrogen-bond donors (Lipinski definition) is 1. The molecule has 0 aliphatic carbocycles. The van der Waals surface area contributed by atoms with Gasteiger partial charge in [0.05, 0.1) is 5.56 Å². The Morgan fingerprint density at radius 1 is 1.10 bits per heavy atom. The van der Waals surface area contributed by atoms with Crippen LogP contribution in [0, 0.1) is 6.92 Å². The van der Waals surface area contributed by atoms with Crippen molar-refractivity contribution >= 4 is 11.6 Å². The van der Waals surface area contributed by atoms with Crippen LogP contribution < -0.4 is 5.32 Å². The van der Waals surface area contributed by atoms with Gasteiger partial charge in [-0.15, -0.1) is 0 Å². The highest BCUT2D eigenvalue weighted by molar-refractivity contribution is 5.99. The molecule has 0 aliphatic heterocycles. The van der Waals surface area contributed by atoms with Gasteiger partial charge in [0.15, 0.2) is 0 Å². The van der Waals surface area contributed by atoms with Gasteiger partial charge in [0.1, 0.15) is 0 Å². The SMILES string of the molecule is CCNc1ccccc1C(=O)N(C)Cc1ccccc1C. The standard InChI is InChI=1S/C18H22N2O/c1-4-19-17-12-8-7-11-16(17)18(21)20(3)13-15-10-6-5-9-14(15)2/h5-12,19H,4,13H2,1-3H3. The third kappa shape index (κ3) is 3.63. The quantitative estimate of drug-likeness (QED) is 0.907. The van der Waals surface area contributed by atoms with Crippen LogP contribution in [0.5, 0.6) is 0 Å². The first-order valence-corrected chi connectivity index (χ1v) is 7.26. The Bertz CT molecular complexity index is 622. The van der Waals surface area contributed by atoms with E-state index >= 15 is 0 Å². The first-order valence-electron chi connectivity index (χ1n) is 7.26. The second kappa shape index (κ2) is 6.93. The van der Waals surface area contributed by atoms with Crippen molar-refractivity contribution in [2.45, 2.75) is 20.4 Å². The number of nitrogens with one attached hydrogen (secondary N) is 1. The molecule has 0 unspecified atom stereocenters. The molecule has 110 valence electrons. The van der Waals surface area contributed by atoms with Crippen molar-refractivity contribution in [1.29, 1.82) is 0 Å². The van der Waals surface area contributed by atoms with Crippen molar-refractivity contribution < 1.29 is 4.79 Å². The van der Waals surface area contributed by atoms with E-state index in [1.54, 1.807) is 4.90 Å². The third-order valence-electron chi connectivity index (χ3n) is 3.54. The molecule has 2 aromatic carbocycles. The molecule has 0 saturated carbocycles. The fourth-order valence-electron chi connectivity index (χ4n) is 2.33. The first-order chi connectivity index (χ1) is 10.1. The molecule has 0 saturated heterocycles. The molecule has 0 aliphatic rings. The zero-order valence-electron chi connectivity index (χ0n) is 12.9. The maximum absolute atomic E-state index is 12.6. The molecule has 0 fully saturated rings. The number of benzene rings is 2. The number of carbonyl (C=O) groups is 1. The molecule has 1 amide bonds. The van der Waals surface area contributed by atoms with Gasteiger partial charge in [0, 0.05) is 25.8 Å². The Labute approximate surface area is 126 Å². The Balaban J connectivity index is 2.18. The highest BCUT2D eigenvalue weighted by atomic mass is 16.2. The van der Waals surface area contributed by atoms with E-state index in [1.807, 2.05) is 50.4 Å². The number of para-hydroxylation sites is 1. The minimum Gasteiger partial charge on any atom is -0.385 e. The normalized spacial score (nSPS) is 10.2. The van der Waals surface area contributed by atoms with Gasteiger partial charge in [-0.1, -0.05) is 36.4 Å². The number of carbonyl (C=O) groups excluding carboxylic acids is 1. The summed E-state index contributed by atoms with van der Waals surface area (Å²) in [7, 11) is 1.84. The van der Waals surface area contributed by atoms with Gasteiger partial charge < -0.3 is 10.2 Å². The van der Waals surface area contributed by atoms with Crippen LogP contribution in [-0.4, -0.2) is 24.4 Å². The molecule has 21 heavy (non-hydrogen) atoms. The molecular formula is C18H22N2O. The maximum Gasteiger partial charge on any atom is 0.255 e. The molecular weight excluding hydrogens is 260 g/mol. The van der Waals surface area contributed by atoms with Crippen LogP contribution in [0.15, 0.2) is 48.5 Å². The number of aryl methyl sites for hydroxylation is 1. The van der Waals surface area contributed by atoms with Gasteiger partial charge in [-0.3, -0.25) is 4.79 Å². The molecule has 1 N–H and O–H groups in total. The van der Waals surface area contributed by atoms with Crippen LogP contribution in [0.25, 0.3) is 0 Å². The minimum absolute atomic E-state index is 0.0369. The van der Waals surface area contributed by atoms with Gasteiger partial charge in [-0.2, -0.15) is 0 Å². The van der Waals surface area contributed by atoms with Crippen molar-refractivity contribution in [2.24, 2.45) is 0 Å². The van der Waals surface area contributed by atoms with E-state index in [1.165, 1.54) is 11.1 Å². The monoisotopic (exact) mass is 282 g/mol. The zero-order valence-corrected chi connectivity index (χ0v) is 12.9. The summed E-state index contributed by atoms with van der Waals surface area (Å²) < 4.78 is 0. The van der Waals surface area contributed by atoms with E-state index in [4.69, 9.17) is 0 Å². The maximum atomic E-state index is 12.6. The largest absolute Gasteiger partial charge is 0.385 e. The van der Waals surface area contributed by atoms with Gasteiger partial charge in [-0.05, 0) is 37.1 Å². The number of rotatable bonds is 5. The van der Waals surface area contributed by atoms with Crippen molar-refractivity contribution in [3.05, 3.63) is 65.2 Å². The Kier molecular flexibility index (Phi) is 4.99. The molecule has 0 atom stereocenters. The van der Waals surface area contributed by atoms with Gasteiger partial charge >= 0.3 is 0 Å². The third-order valence-corrected chi connectivity index (χ3v) is 3.54. The van der Waals surface area contributed by atoms with Crippen LogP contribution in [0.2, 0.25) is 0 Å². The molecule has 0 radical (unpaired) electrons. The van der Waals surface area contributed by atoms with Crippen molar-refractivity contribution in [1.82, 2.24) is 4.90 Å². The second-order valence-electron chi connectivity index (χ2n) is 5.16. The highest BCUT2D eigenvalue weighted by Gasteiger charge is 2.15. The van der Waals surface area contributed by atoms with Gasteiger partial charge in [-0.25, -0.2) is 0 Å². The van der Waals surface area contributed by atoms with E-state index in [0.717, 1.165) is 17.8 Å². The number of nitrogens with zero attached hydrogens (tertiary/aromatic N) is 1. The average Bonchev–Trinajstić information content (AvgIpc) is 2.50. The van der Waals surface area contributed by atoms with Gasteiger partial charge in [0.2, 0.25) is 0 Å². The Morgan fingerprint density at radius 3 is 2.48 bits per heavy atom. The summed E-state index contributed by atoms with van der Waals surface area (Å²) in [5, 5.41) is 3.24. The summed E-state index contributed by atoms with van der Waals surface area (Å²) in [4.78, 5) is 14.4. The summed E-state index contributed by atoms with van der Waals surface area (Å²) in [5.41, 5.74) is 3.99. The minimum atomic E-state index is 0.0369. The van der Waals surface area contributed by atoms with E-state index < -0.39 is 0 Å². The number of anilines is 1. The van der Waals surface area contributed by atoms with E-state index in [-0.39, 0.29) is 5.91 Å². The highest BCUT2D eigenvalue weighted by Crippen LogP contribution is 2.18. The first kappa shape index (κ1) is 15.1. The van der Waals surface area contributed by atoms with Crippen molar-refractivity contribution in [2.75, 3.05) is 18.9 Å². The van der Waals surface area contributed by atoms with Crippen LogP contribution in [0.4, 0.5) is 5.69 Å². The predicted octanol–water partition coefficient (Wildman–Crippen LogP) is 3.70. The molecule has 0 bridgehead atoms. The van der Waals surface area contributed by atoms with Crippen LogP contribution in [0.3, 0.4) is 0 Å². The Morgan fingerprint density at radius 2 is 1.76 bits per heavy atom. The van der Waals surface area contributed by atoms with Crippen molar-refractivity contribution in [3.63, 3.8) is 0 Å². The van der Waals surface area contributed by atoms with Crippen LogP contribution >= 0.6 is 0 Å². The van der Waals surface area contributed by atoms with E-state index in [0.29, 0.717) is 6.54 Å². The number of hydrogen-bond acceptors (Lipinski definition) is 2. The molecule has 3 nitrogen and oxygen atoms in total. The van der Waals surface area contributed by atoms with Crippen LogP contribution in [-0.2, 0) is 6.54 Å². The summed E-state index contributed by atoms with van der Waals surface area (Å²) in [6, 6.07) is 15.8. The van der Waals surface area contributed by atoms with Crippen molar-refractivity contribution in [3.8, 4) is 0 Å². The number of amides is 1. The molecule has 3 heteroatoms. The summed E-state index contributed by atoms with van der Waals surface area (Å²) in [6.45, 7) is 5.51. The fraction of sp³-hybridized carbons (Fsp3) is 0.278. The topological polar surface area (TPSA) is 32.3 Å². The smallest absolute Gasteiger partial charge is 0.255 e. The summed E-state index contributed by atoms with van der Waals surface area (Å²) in [5.74, 6) is 0.0369. The molecule has 2 aromatic rings. The molecule has 0 spiro atoms. The zero-order chi connectivity index (χ0) is 15.2. The lowest BCUT2D eigenvalue weighted by Gasteiger charge is -2.20. The summed E-state index contributed by atoms with van der Waals surface area (Å²) >= 11 is 0. The lowest BCUT2D eigenvalue weighted by atomic mass is 10.1. The molecule has 0 aromatic heterocycles. The molecule has 0 heterocycles. The van der Waals surface area contributed by atoms with Crippen LogP contribution in [0.1, 0.15) is 28.4 Å². The van der Waals surface area contributed by atoms with Gasteiger partial charge in [0.25, 0.3) is 5.91 Å². The fourth-order valence-corrected chi connectivity index (χ4v) is 2.33. The van der Waals surface area contributed by atoms with E-state index in [9.17, 15) is 4.79 Å². The lowest BCUT2D eigenvalue weighted by molar-refractivity contribution is 0.0786. The molecule has 2 rings (SSSR count). The Hall–Kier alpha value is -2.29. The predicted molar refractivity (Wildman–Crippen MR) is 87.6 cm³/mol. The summed E-state index contributed by atoms with van der Waals surface area (Å²) in [6.07, 6.45) is 0. The average molecular weight is 282 g/mol. The lowest BCUT2D eigenvalue weighted by Crippen LogP contribution is -2.27. The second-order valence-corrected chi connectivity index (χ2v) is 5.16. The van der Waals surface area contributed by atoms with E-state index in [2.05, 4.69) is 24.4 Å².